The summed E-state index contributed by atoms with van der Waals surface area (Å²) in [7, 11) is 1.42. The van der Waals surface area contributed by atoms with Crippen molar-refractivity contribution in [2.45, 2.75) is 25.2 Å². The van der Waals surface area contributed by atoms with E-state index in [1.165, 1.54) is 37.1 Å². The van der Waals surface area contributed by atoms with E-state index in [1.54, 1.807) is 0 Å². The van der Waals surface area contributed by atoms with Gasteiger partial charge in [-0.1, -0.05) is 30.0 Å². The molecule has 0 unspecified atom stereocenters. The number of amides is 1. The van der Waals surface area contributed by atoms with Crippen LogP contribution in [0.25, 0.3) is 0 Å². The van der Waals surface area contributed by atoms with Crippen molar-refractivity contribution in [3.63, 3.8) is 0 Å². The zero-order valence-electron chi connectivity index (χ0n) is 17.0. The van der Waals surface area contributed by atoms with Crippen molar-refractivity contribution in [2.24, 2.45) is 0 Å². The second-order valence-electron chi connectivity index (χ2n) is 6.22. The van der Waals surface area contributed by atoms with Gasteiger partial charge in [-0.25, -0.2) is 0 Å². The lowest BCUT2D eigenvalue weighted by molar-refractivity contribution is -0.384. The summed E-state index contributed by atoms with van der Waals surface area (Å²) in [6.45, 7) is 2.82. The molecule has 0 radical (unpaired) electrons. The van der Waals surface area contributed by atoms with Gasteiger partial charge < -0.3 is 19.4 Å². The van der Waals surface area contributed by atoms with E-state index in [-0.39, 0.29) is 29.6 Å². The molecule has 1 heterocycles. The molecule has 1 N–H and O–H groups in total. The average Bonchev–Trinajstić information content (AvgIpc) is 3.18. The van der Waals surface area contributed by atoms with Crippen molar-refractivity contribution in [3.8, 4) is 11.5 Å². The van der Waals surface area contributed by atoms with E-state index in [4.69, 9.17) is 9.47 Å². The van der Waals surface area contributed by atoms with Crippen LogP contribution >= 0.6 is 11.8 Å². The number of nitrogens with one attached hydrogen (secondary N) is 1. The predicted molar refractivity (Wildman–Crippen MR) is 115 cm³/mol. The lowest BCUT2D eigenvalue weighted by atomic mass is 10.2. The van der Waals surface area contributed by atoms with Crippen LogP contribution in [-0.4, -0.2) is 38.5 Å². The van der Waals surface area contributed by atoms with Crippen LogP contribution in [0, 0.1) is 10.1 Å². The van der Waals surface area contributed by atoms with Crippen LogP contribution in [0.2, 0.25) is 0 Å². The summed E-state index contributed by atoms with van der Waals surface area (Å²) in [4.78, 5) is 22.9. The first-order chi connectivity index (χ1) is 15.0. The highest BCUT2D eigenvalue weighted by atomic mass is 32.2. The summed E-state index contributed by atoms with van der Waals surface area (Å²) >= 11 is 1.21. The Morgan fingerprint density at radius 2 is 2.00 bits per heavy atom. The van der Waals surface area contributed by atoms with Gasteiger partial charge in [0.2, 0.25) is 5.91 Å². The van der Waals surface area contributed by atoms with E-state index in [0.29, 0.717) is 23.3 Å². The summed E-state index contributed by atoms with van der Waals surface area (Å²) in [6.07, 6.45) is 0. The van der Waals surface area contributed by atoms with Gasteiger partial charge in [-0.2, -0.15) is 0 Å². The van der Waals surface area contributed by atoms with Crippen molar-refractivity contribution >= 4 is 29.0 Å². The van der Waals surface area contributed by atoms with Crippen LogP contribution in [0.1, 0.15) is 12.7 Å². The molecule has 0 aliphatic carbocycles. The highest BCUT2D eigenvalue weighted by Crippen LogP contribution is 2.29. The Morgan fingerprint density at radius 1 is 1.23 bits per heavy atom. The maximum absolute atomic E-state index is 12.4. The molecular weight excluding hydrogens is 422 g/mol. The third kappa shape index (κ3) is 5.72. The minimum Gasteiger partial charge on any atom is -0.495 e. The predicted octanol–water partition coefficient (Wildman–Crippen LogP) is 3.52. The quantitative estimate of drug-likeness (QED) is 0.287. The van der Waals surface area contributed by atoms with Crippen LogP contribution in [0.4, 0.5) is 11.4 Å². The number of aromatic nitrogens is 3. The number of methoxy groups -OCH3 is 1. The lowest BCUT2D eigenvalue weighted by Crippen LogP contribution is -2.15. The van der Waals surface area contributed by atoms with Gasteiger partial charge in [0.25, 0.3) is 5.69 Å². The SMILES string of the molecule is CCn1c(COc2ccccc2)nnc1SCC(=O)Nc1cc([N+](=O)[O-])ccc1OC. The fourth-order valence-corrected chi connectivity index (χ4v) is 3.56. The molecule has 0 saturated heterocycles. The van der Waals surface area contributed by atoms with Crippen LogP contribution in [0.5, 0.6) is 11.5 Å². The third-order valence-corrected chi connectivity index (χ3v) is 5.19. The van der Waals surface area contributed by atoms with Gasteiger partial charge >= 0.3 is 0 Å². The minimum absolute atomic E-state index is 0.0452. The molecular formula is C20H21N5O5S. The molecule has 2 aromatic carbocycles. The first kappa shape index (κ1) is 22.1. The van der Waals surface area contributed by atoms with Gasteiger partial charge in [-0.15, -0.1) is 10.2 Å². The number of nitrogens with zero attached hydrogens (tertiary/aromatic N) is 4. The molecule has 0 bridgehead atoms. The normalized spacial score (nSPS) is 10.5. The van der Waals surface area contributed by atoms with E-state index >= 15 is 0 Å². The molecule has 0 atom stereocenters. The van der Waals surface area contributed by atoms with Crippen LogP contribution < -0.4 is 14.8 Å². The summed E-state index contributed by atoms with van der Waals surface area (Å²) in [5.41, 5.74) is 0.0914. The molecule has 3 aromatic rings. The van der Waals surface area contributed by atoms with Crippen molar-refractivity contribution in [1.82, 2.24) is 14.8 Å². The smallest absolute Gasteiger partial charge is 0.271 e. The van der Waals surface area contributed by atoms with Gasteiger partial charge in [0.05, 0.1) is 23.5 Å². The number of hydrogen-bond donors (Lipinski definition) is 1. The van der Waals surface area contributed by atoms with Gasteiger partial charge in [0.1, 0.15) is 18.1 Å². The molecule has 0 fully saturated rings. The maximum Gasteiger partial charge on any atom is 0.271 e. The van der Waals surface area contributed by atoms with Crippen molar-refractivity contribution < 1.29 is 19.2 Å². The number of benzene rings is 2. The topological polar surface area (TPSA) is 121 Å². The summed E-state index contributed by atoms with van der Waals surface area (Å²) < 4.78 is 12.8. The summed E-state index contributed by atoms with van der Waals surface area (Å²) in [6, 6.07) is 13.4. The number of nitro benzene ring substituents is 1. The Labute approximate surface area is 182 Å². The van der Waals surface area contributed by atoms with E-state index in [9.17, 15) is 14.9 Å². The second-order valence-corrected chi connectivity index (χ2v) is 7.17. The Bertz CT molecular complexity index is 1060. The number of hydrogen-bond acceptors (Lipinski definition) is 8. The van der Waals surface area contributed by atoms with Gasteiger partial charge in [-0.05, 0) is 25.1 Å². The van der Waals surface area contributed by atoms with E-state index in [2.05, 4.69) is 15.5 Å². The Kier molecular flexibility index (Phi) is 7.44. The Morgan fingerprint density at radius 3 is 2.68 bits per heavy atom. The van der Waals surface area contributed by atoms with Crippen molar-refractivity contribution in [2.75, 3.05) is 18.2 Å². The number of thioether (sulfide) groups is 1. The van der Waals surface area contributed by atoms with Crippen molar-refractivity contribution in [3.05, 3.63) is 64.5 Å². The fraction of sp³-hybridized carbons (Fsp3) is 0.250. The van der Waals surface area contributed by atoms with Gasteiger partial charge in [-0.3, -0.25) is 14.9 Å². The van der Waals surface area contributed by atoms with E-state index in [1.807, 2.05) is 41.8 Å². The highest BCUT2D eigenvalue weighted by molar-refractivity contribution is 7.99. The van der Waals surface area contributed by atoms with Gasteiger partial charge in [0, 0.05) is 18.7 Å². The molecule has 3 rings (SSSR count). The first-order valence-electron chi connectivity index (χ1n) is 9.36. The first-order valence-corrected chi connectivity index (χ1v) is 10.4. The molecule has 31 heavy (non-hydrogen) atoms. The monoisotopic (exact) mass is 443 g/mol. The standard InChI is InChI=1S/C20H21N5O5S/c1-3-24-18(12-30-15-7-5-4-6-8-15)22-23-20(24)31-13-19(26)21-16-11-14(25(27)28)9-10-17(16)29-2/h4-11H,3,12-13H2,1-2H3,(H,21,26). The van der Waals surface area contributed by atoms with Crippen LogP contribution in [-0.2, 0) is 17.9 Å². The number of para-hydroxylation sites is 1. The maximum atomic E-state index is 12.4. The number of rotatable bonds is 10. The molecule has 10 nitrogen and oxygen atoms in total. The van der Waals surface area contributed by atoms with Crippen LogP contribution in [0.15, 0.2) is 53.7 Å². The van der Waals surface area contributed by atoms with E-state index in [0.717, 1.165) is 5.75 Å². The number of non-ortho nitro benzene ring substituents is 1. The van der Waals surface area contributed by atoms with Crippen molar-refractivity contribution in [1.29, 1.82) is 0 Å². The Hall–Kier alpha value is -3.60. The summed E-state index contributed by atoms with van der Waals surface area (Å²) in [5.74, 6) is 1.41. The molecule has 0 spiro atoms. The van der Waals surface area contributed by atoms with E-state index < -0.39 is 4.92 Å². The average molecular weight is 443 g/mol. The fourth-order valence-electron chi connectivity index (χ4n) is 2.74. The third-order valence-electron chi connectivity index (χ3n) is 4.22. The molecule has 1 aromatic heterocycles. The van der Waals surface area contributed by atoms with Crippen LogP contribution in [0.3, 0.4) is 0 Å². The summed E-state index contributed by atoms with van der Waals surface area (Å²) in [5, 5.41) is 22.5. The second kappa shape index (κ2) is 10.4. The number of ether oxygens (including phenoxy) is 2. The van der Waals surface area contributed by atoms with Gasteiger partial charge in [0.15, 0.2) is 11.0 Å². The molecule has 1 amide bonds. The molecule has 0 aliphatic heterocycles. The number of carbonyl (C=O) groups is 1. The molecule has 162 valence electrons. The largest absolute Gasteiger partial charge is 0.495 e. The zero-order valence-corrected chi connectivity index (χ0v) is 17.8. The highest BCUT2D eigenvalue weighted by Gasteiger charge is 2.16. The number of anilines is 1. The number of carbonyl (C=O) groups excluding carboxylic acids is 1. The Balaban J connectivity index is 1.62. The molecule has 11 heteroatoms. The minimum atomic E-state index is -0.535. The zero-order chi connectivity index (χ0) is 22.2. The number of nitro groups is 1. The lowest BCUT2D eigenvalue weighted by Gasteiger charge is -2.10. The molecule has 0 saturated carbocycles. The molecule has 0 aliphatic rings.